The molecule has 0 amide bonds. The van der Waals surface area contributed by atoms with E-state index < -0.39 is 5.97 Å². The first kappa shape index (κ1) is 21.5. The zero-order chi connectivity index (χ0) is 22.3. The lowest BCUT2D eigenvalue weighted by atomic mass is 10.1. The molecule has 0 aliphatic heterocycles. The fourth-order valence-corrected chi connectivity index (χ4v) is 3.40. The van der Waals surface area contributed by atoms with Crippen molar-refractivity contribution in [2.24, 2.45) is 0 Å². The highest BCUT2D eigenvalue weighted by Crippen LogP contribution is 2.29. The van der Waals surface area contributed by atoms with Gasteiger partial charge in [-0.1, -0.05) is 42.5 Å². The number of nitrogens with zero attached hydrogens (tertiary/aromatic N) is 3. The van der Waals surface area contributed by atoms with Crippen LogP contribution in [0.4, 0.5) is 5.82 Å². The van der Waals surface area contributed by atoms with Crippen molar-refractivity contribution in [3.05, 3.63) is 72.4 Å². The standard InChI is InChI=1S/C24H24N4O4/c1-31-24(30)19-9-5-8-18(14-19)20-16-26-28-22(25-10-12-32-13-11-29)15-21(27-23(20)28)17-6-3-2-4-7-17/h2-9,14-16,25,29H,10-13H2,1H3. The molecular formula is C24H24N4O4. The quantitative estimate of drug-likeness (QED) is 0.309. The molecule has 8 nitrogen and oxygen atoms in total. The molecule has 2 N–H and O–H groups in total. The Morgan fingerprint density at radius 3 is 2.66 bits per heavy atom. The minimum Gasteiger partial charge on any atom is -0.465 e. The molecule has 0 bridgehead atoms. The zero-order valence-electron chi connectivity index (χ0n) is 17.7. The van der Waals surface area contributed by atoms with E-state index in [9.17, 15) is 4.79 Å². The van der Waals surface area contributed by atoms with E-state index in [-0.39, 0.29) is 6.61 Å². The van der Waals surface area contributed by atoms with Crippen LogP contribution in [0.2, 0.25) is 0 Å². The van der Waals surface area contributed by atoms with Crippen molar-refractivity contribution in [3.63, 3.8) is 0 Å². The number of carbonyl (C=O) groups excluding carboxylic acids is 1. The number of anilines is 1. The fourth-order valence-electron chi connectivity index (χ4n) is 3.40. The molecule has 32 heavy (non-hydrogen) atoms. The molecule has 0 unspecified atom stereocenters. The Kier molecular flexibility index (Phi) is 6.74. The van der Waals surface area contributed by atoms with E-state index in [1.165, 1.54) is 7.11 Å². The SMILES string of the molecule is COC(=O)c1cccc(-c2cnn3c(NCCOCCO)cc(-c4ccccc4)nc23)c1. The maximum Gasteiger partial charge on any atom is 0.337 e. The predicted molar refractivity (Wildman–Crippen MR) is 122 cm³/mol. The Balaban J connectivity index is 1.77. The van der Waals surface area contributed by atoms with Gasteiger partial charge in [0.1, 0.15) is 5.82 Å². The monoisotopic (exact) mass is 432 g/mol. The molecule has 0 saturated carbocycles. The van der Waals surface area contributed by atoms with Crippen LogP contribution in [0.1, 0.15) is 10.4 Å². The van der Waals surface area contributed by atoms with Gasteiger partial charge in [-0.15, -0.1) is 0 Å². The number of methoxy groups -OCH3 is 1. The molecule has 4 aromatic rings. The van der Waals surface area contributed by atoms with Gasteiger partial charge in [-0.3, -0.25) is 0 Å². The van der Waals surface area contributed by atoms with Crippen molar-refractivity contribution < 1.29 is 19.4 Å². The van der Waals surface area contributed by atoms with Crippen LogP contribution in [0.5, 0.6) is 0 Å². The number of hydrogen-bond acceptors (Lipinski definition) is 7. The van der Waals surface area contributed by atoms with E-state index in [1.54, 1.807) is 22.8 Å². The van der Waals surface area contributed by atoms with Crippen molar-refractivity contribution in [2.75, 3.05) is 38.8 Å². The summed E-state index contributed by atoms with van der Waals surface area (Å²) in [5.74, 6) is 0.364. The summed E-state index contributed by atoms with van der Waals surface area (Å²) in [4.78, 5) is 16.9. The summed E-state index contributed by atoms with van der Waals surface area (Å²) in [6.07, 6.45) is 1.74. The van der Waals surface area contributed by atoms with Gasteiger partial charge in [0.15, 0.2) is 5.65 Å². The van der Waals surface area contributed by atoms with E-state index >= 15 is 0 Å². The molecule has 0 fully saturated rings. The van der Waals surface area contributed by atoms with Crippen LogP contribution in [-0.4, -0.2) is 59.1 Å². The Morgan fingerprint density at radius 2 is 1.88 bits per heavy atom. The second-order valence-corrected chi connectivity index (χ2v) is 7.02. The van der Waals surface area contributed by atoms with Gasteiger partial charge in [-0.2, -0.15) is 9.61 Å². The lowest BCUT2D eigenvalue weighted by molar-refractivity contribution is 0.0601. The van der Waals surface area contributed by atoms with Crippen molar-refractivity contribution in [1.82, 2.24) is 14.6 Å². The molecule has 0 aliphatic rings. The lowest BCUT2D eigenvalue weighted by Gasteiger charge is -2.12. The smallest absolute Gasteiger partial charge is 0.337 e. The second-order valence-electron chi connectivity index (χ2n) is 7.02. The molecule has 8 heteroatoms. The number of aromatic nitrogens is 3. The molecule has 2 heterocycles. The molecule has 164 valence electrons. The summed E-state index contributed by atoms with van der Waals surface area (Å²) >= 11 is 0. The minimum absolute atomic E-state index is 0.00912. The Labute approximate surface area is 185 Å². The van der Waals surface area contributed by atoms with Crippen molar-refractivity contribution >= 4 is 17.4 Å². The van der Waals surface area contributed by atoms with Gasteiger partial charge in [0.25, 0.3) is 0 Å². The number of hydrogen-bond donors (Lipinski definition) is 2. The third-order valence-corrected chi connectivity index (χ3v) is 4.92. The highest BCUT2D eigenvalue weighted by atomic mass is 16.5. The maximum absolute atomic E-state index is 12.0. The largest absolute Gasteiger partial charge is 0.465 e. The first-order valence-corrected chi connectivity index (χ1v) is 10.3. The van der Waals surface area contributed by atoms with Crippen LogP contribution < -0.4 is 5.32 Å². The molecular weight excluding hydrogens is 408 g/mol. The first-order valence-electron chi connectivity index (χ1n) is 10.3. The highest BCUT2D eigenvalue weighted by molar-refractivity contribution is 5.92. The van der Waals surface area contributed by atoms with Gasteiger partial charge < -0.3 is 19.9 Å². The van der Waals surface area contributed by atoms with Gasteiger partial charge >= 0.3 is 5.97 Å². The third kappa shape index (κ3) is 4.61. The summed E-state index contributed by atoms with van der Waals surface area (Å²) in [5, 5.41) is 16.7. The van der Waals surface area contributed by atoms with Crippen LogP contribution in [0, 0.1) is 0 Å². The number of ether oxygens (including phenoxy) is 2. The number of rotatable bonds is 9. The molecule has 2 aromatic heterocycles. The van der Waals surface area contributed by atoms with Crippen LogP contribution in [0.3, 0.4) is 0 Å². The van der Waals surface area contributed by atoms with E-state index in [1.807, 2.05) is 48.5 Å². The number of esters is 1. The van der Waals surface area contributed by atoms with E-state index in [0.29, 0.717) is 31.0 Å². The first-order chi connectivity index (χ1) is 15.7. The van der Waals surface area contributed by atoms with Crippen molar-refractivity contribution in [2.45, 2.75) is 0 Å². The molecule has 0 aliphatic carbocycles. The molecule has 0 saturated heterocycles. The fraction of sp³-hybridized carbons (Fsp3) is 0.208. The summed E-state index contributed by atoms with van der Waals surface area (Å²) in [6, 6.07) is 19.0. The third-order valence-electron chi connectivity index (χ3n) is 4.92. The summed E-state index contributed by atoms with van der Waals surface area (Å²) < 4.78 is 11.9. The van der Waals surface area contributed by atoms with Gasteiger partial charge in [0.05, 0.1) is 44.4 Å². The maximum atomic E-state index is 12.0. The molecule has 2 aromatic carbocycles. The van der Waals surface area contributed by atoms with Crippen molar-refractivity contribution in [1.29, 1.82) is 0 Å². The minimum atomic E-state index is -0.397. The van der Waals surface area contributed by atoms with Crippen LogP contribution in [-0.2, 0) is 9.47 Å². The number of benzene rings is 2. The topological polar surface area (TPSA) is 98.0 Å². The zero-order valence-corrected chi connectivity index (χ0v) is 17.7. The molecule has 0 atom stereocenters. The molecule has 0 spiro atoms. The van der Waals surface area contributed by atoms with E-state index in [2.05, 4.69) is 10.4 Å². The highest BCUT2D eigenvalue weighted by Gasteiger charge is 2.15. The van der Waals surface area contributed by atoms with Gasteiger partial charge in [-0.25, -0.2) is 9.78 Å². The van der Waals surface area contributed by atoms with Crippen LogP contribution >= 0.6 is 0 Å². The average Bonchev–Trinajstić information content (AvgIpc) is 3.28. The number of fused-ring (bicyclic) bond motifs is 1. The number of nitrogens with one attached hydrogen (secondary N) is 1. The van der Waals surface area contributed by atoms with Gasteiger partial charge in [0.2, 0.25) is 0 Å². The average molecular weight is 432 g/mol. The number of carbonyl (C=O) groups is 1. The van der Waals surface area contributed by atoms with E-state index in [4.69, 9.17) is 19.6 Å². The van der Waals surface area contributed by atoms with Crippen LogP contribution in [0.25, 0.3) is 28.0 Å². The molecule has 4 rings (SSSR count). The van der Waals surface area contributed by atoms with Crippen molar-refractivity contribution in [3.8, 4) is 22.4 Å². The predicted octanol–water partition coefficient (Wildman–Crippen LogP) is 3.27. The summed E-state index contributed by atoms with van der Waals surface area (Å²) in [7, 11) is 1.36. The lowest BCUT2D eigenvalue weighted by Crippen LogP contribution is -2.14. The summed E-state index contributed by atoms with van der Waals surface area (Å²) in [6.45, 7) is 1.27. The normalized spacial score (nSPS) is 10.9. The Morgan fingerprint density at radius 1 is 1.06 bits per heavy atom. The number of aliphatic hydroxyl groups excluding tert-OH is 1. The van der Waals surface area contributed by atoms with E-state index in [0.717, 1.165) is 28.2 Å². The molecule has 0 radical (unpaired) electrons. The summed E-state index contributed by atoms with van der Waals surface area (Å²) in [5.41, 5.74) is 4.51. The van der Waals surface area contributed by atoms with Crippen LogP contribution in [0.15, 0.2) is 66.9 Å². The second kappa shape index (κ2) is 10.0. The van der Waals surface area contributed by atoms with Gasteiger partial charge in [-0.05, 0) is 17.7 Å². The Hall–Kier alpha value is -3.75. The number of aliphatic hydroxyl groups is 1. The van der Waals surface area contributed by atoms with Gasteiger partial charge in [0, 0.05) is 23.7 Å². The Bertz CT molecular complexity index is 1210.